The predicted octanol–water partition coefficient (Wildman–Crippen LogP) is 3.31. The van der Waals surface area contributed by atoms with Crippen molar-refractivity contribution in [3.63, 3.8) is 0 Å². The lowest BCUT2D eigenvalue weighted by molar-refractivity contribution is -0.143. The van der Waals surface area contributed by atoms with E-state index in [1.807, 2.05) is 6.92 Å². The summed E-state index contributed by atoms with van der Waals surface area (Å²) in [5, 5.41) is 1.25. The third-order valence-corrected chi connectivity index (χ3v) is 5.80. The van der Waals surface area contributed by atoms with E-state index in [9.17, 15) is 4.79 Å². The van der Waals surface area contributed by atoms with E-state index >= 15 is 0 Å². The number of carbonyl (C=O) groups is 1. The van der Waals surface area contributed by atoms with Gasteiger partial charge >= 0.3 is 5.97 Å². The van der Waals surface area contributed by atoms with Gasteiger partial charge < -0.3 is 4.74 Å². The molecule has 18 heavy (non-hydrogen) atoms. The third-order valence-electron chi connectivity index (χ3n) is 4.28. The molecule has 0 amide bonds. The van der Waals surface area contributed by atoms with E-state index in [2.05, 4.69) is 0 Å². The lowest BCUT2D eigenvalue weighted by Crippen LogP contribution is -2.21. The van der Waals surface area contributed by atoms with E-state index in [-0.39, 0.29) is 11.4 Å². The number of hydrogen-bond donors (Lipinski definition) is 0. The van der Waals surface area contributed by atoms with E-state index < -0.39 is 0 Å². The molecule has 2 fully saturated rings. The van der Waals surface area contributed by atoms with Crippen molar-refractivity contribution in [1.82, 2.24) is 4.98 Å². The van der Waals surface area contributed by atoms with E-state index in [0.29, 0.717) is 5.92 Å². The monoisotopic (exact) mass is 265 g/mol. The molecule has 98 valence electrons. The van der Waals surface area contributed by atoms with Crippen LogP contribution in [0.15, 0.2) is 0 Å². The van der Waals surface area contributed by atoms with Crippen LogP contribution in [0, 0.1) is 6.92 Å². The van der Waals surface area contributed by atoms with E-state index in [1.165, 1.54) is 37.8 Å². The molecule has 0 unspecified atom stereocenters. The fraction of sp³-hybridized carbons (Fsp3) is 0.714. The molecule has 0 spiro atoms. The maximum absolute atomic E-state index is 11.9. The minimum Gasteiger partial charge on any atom is -0.468 e. The minimum atomic E-state index is -0.340. The van der Waals surface area contributed by atoms with Crippen molar-refractivity contribution in [3.8, 4) is 0 Å². The van der Waals surface area contributed by atoms with E-state index in [0.717, 1.165) is 23.4 Å². The summed E-state index contributed by atoms with van der Waals surface area (Å²) in [5.41, 5.74) is 0.706. The SMILES string of the molecule is COC(=O)C1(c2sc(C3CCCC3)nc2C)CC1. The fourth-order valence-electron chi connectivity index (χ4n) is 3.05. The van der Waals surface area contributed by atoms with Gasteiger partial charge in [0.1, 0.15) is 5.41 Å². The fourth-order valence-corrected chi connectivity index (χ4v) is 4.52. The Labute approximate surface area is 112 Å². The molecule has 0 atom stereocenters. The molecule has 0 bridgehead atoms. The van der Waals surface area contributed by atoms with Crippen LogP contribution >= 0.6 is 11.3 Å². The van der Waals surface area contributed by atoms with Gasteiger partial charge in [0.05, 0.1) is 17.8 Å². The summed E-state index contributed by atoms with van der Waals surface area (Å²) in [7, 11) is 1.48. The molecule has 1 aromatic heterocycles. The van der Waals surface area contributed by atoms with Crippen molar-refractivity contribution < 1.29 is 9.53 Å². The first-order chi connectivity index (χ1) is 8.67. The van der Waals surface area contributed by atoms with Crippen molar-refractivity contribution in [3.05, 3.63) is 15.6 Å². The number of aromatic nitrogens is 1. The highest BCUT2D eigenvalue weighted by molar-refractivity contribution is 7.12. The van der Waals surface area contributed by atoms with Gasteiger partial charge in [-0.3, -0.25) is 4.79 Å². The normalized spacial score (nSPS) is 22.1. The van der Waals surface area contributed by atoms with Crippen LogP contribution in [-0.4, -0.2) is 18.1 Å². The lowest BCUT2D eigenvalue weighted by atomic mass is 10.0. The van der Waals surface area contributed by atoms with E-state index in [1.54, 1.807) is 11.3 Å². The van der Waals surface area contributed by atoms with Crippen molar-refractivity contribution in [2.24, 2.45) is 0 Å². The Kier molecular flexibility index (Phi) is 2.93. The summed E-state index contributed by atoms with van der Waals surface area (Å²) in [6.45, 7) is 2.04. The third kappa shape index (κ3) is 1.78. The molecule has 0 saturated heterocycles. The van der Waals surface area contributed by atoms with Crippen LogP contribution in [0.3, 0.4) is 0 Å². The minimum absolute atomic E-state index is 0.0766. The Morgan fingerprint density at radius 2 is 2.06 bits per heavy atom. The number of nitrogens with zero attached hydrogens (tertiary/aromatic N) is 1. The maximum Gasteiger partial charge on any atom is 0.317 e. The van der Waals surface area contributed by atoms with Crippen molar-refractivity contribution in [1.29, 1.82) is 0 Å². The molecule has 4 heteroatoms. The highest BCUT2D eigenvalue weighted by Gasteiger charge is 2.55. The van der Waals surface area contributed by atoms with Gasteiger partial charge in [0.15, 0.2) is 0 Å². The highest BCUT2D eigenvalue weighted by Crippen LogP contribution is 2.53. The molecule has 0 aliphatic heterocycles. The molecule has 0 radical (unpaired) electrons. The van der Waals surface area contributed by atoms with Gasteiger partial charge in [-0.25, -0.2) is 4.98 Å². The second-order valence-corrected chi connectivity index (χ2v) is 6.55. The first-order valence-corrected chi connectivity index (χ1v) is 7.55. The molecule has 0 aromatic carbocycles. The second-order valence-electron chi connectivity index (χ2n) is 5.52. The van der Waals surface area contributed by atoms with Crippen molar-refractivity contribution in [2.45, 2.75) is 56.8 Å². The number of methoxy groups -OCH3 is 1. The quantitative estimate of drug-likeness (QED) is 0.787. The lowest BCUT2D eigenvalue weighted by Gasteiger charge is -2.10. The molecule has 3 nitrogen and oxygen atoms in total. The summed E-state index contributed by atoms with van der Waals surface area (Å²) in [5.74, 6) is 0.558. The number of carbonyl (C=O) groups excluding carboxylic acids is 1. The number of thiazole rings is 1. The average molecular weight is 265 g/mol. The first-order valence-electron chi connectivity index (χ1n) is 6.73. The summed E-state index contributed by atoms with van der Waals surface area (Å²) < 4.78 is 4.96. The zero-order chi connectivity index (χ0) is 12.8. The predicted molar refractivity (Wildman–Crippen MR) is 71.0 cm³/mol. The summed E-state index contributed by atoms with van der Waals surface area (Å²) in [6, 6.07) is 0. The number of hydrogen-bond acceptors (Lipinski definition) is 4. The van der Waals surface area contributed by atoms with Crippen molar-refractivity contribution in [2.75, 3.05) is 7.11 Å². The van der Waals surface area contributed by atoms with Gasteiger partial charge in [0.2, 0.25) is 0 Å². The van der Waals surface area contributed by atoms with Crippen LogP contribution in [0.5, 0.6) is 0 Å². The van der Waals surface area contributed by atoms with Gasteiger partial charge in [-0.15, -0.1) is 11.3 Å². The van der Waals surface area contributed by atoms with Gasteiger partial charge in [0.25, 0.3) is 0 Å². The van der Waals surface area contributed by atoms with Gasteiger partial charge in [-0.1, -0.05) is 12.8 Å². The average Bonchev–Trinajstić information content (AvgIpc) is 2.83. The molecule has 0 N–H and O–H groups in total. The van der Waals surface area contributed by atoms with Gasteiger partial charge in [0, 0.05) is 10.8 Å². The zero-order valence-electron chi connectivity index (χ0n) is 11.0. The Morgan fingerprint density at radius 3 is 2.61 bits per heavy atom. The Hall–Kier alpha value is -0.900. The summed E-state index contributed by atoms with van der Waals surface area (Å²) in [6.07, 6.45) is 7.01. The zero-order valence-corrected chi connectivity index (χ0v) is 11.8. The Morgan fingerprint density at radius 1 is 1.39 bits per heavy atom. The maximum atomic E-state index is 11.9. The van der Waals surface area contributed by atoms with Crippen LogP contribution < -0.4 is 0 Å². The Bertz CT molecular complexity index is 470. The molecule has 3 rings (SSSR count). The van der Waals surface area contributed by atoms with Crippen LogP contribution in [0.25, 0.3) is 0 Å². The molecule has 2 aliphatic carbocycles. The van der Waals surface area contributed by atoms with E-state index in [4.69, 9.17) is 9.72 Å². The largest absolute Gasteiger partial charge is 0.468 e. The molecular weight excluding hydrogens is 246 g/mol. The second kappa shape index (κ2) is 4.34. The molecule has 1 aromatic rings. The van der Waals surface area contributed by atoms with Crippen LogP contribution in [0.4, 0.5) is 0 Å². The molecule has 1 heterocycles. The van der Waals surface area contributed by atoms with Crippen LogP contribution in [-0.2, 0) is 14.9 Å². The Balaban J connectivity index is 1.91. The van der Waals surface area contributed by atoms with Crippen molar-refractivity contribution >= 4 is 17.3 Å². The van der Waals surface area contributed by atoms with Gasteiger partial charge in [-0.05, 0) is 32.6 Å². The molecule has 2 saturated carbocycles. The van der Waals surface area contributed by atoms with Crippen LogP contribution in [0.1, 0.15) is 60.0 Å². The summed E-state index contributed by atoms with van der Waals surface area (Å²) >= 11 is 1.76. The number of ether oxygens (including phenoxy) is 1. The smallest absolute Gasteiger partial charge is 0.317 e. The van der Waals surface area contributed by atoms with Gasteiger partial charge in [-0.2, -0.15) is 0 Å². The summed E-state index contributed by atoms with van der Waals surface area (Å²) in [4.78, 5) is 17.8. The number of esters is 1. The first kappa shape index (κ1) is 12.2. The number of aryl methyl sites for hydroxylation is 1. The molecule has 2 aliphatic rings. The number of rotatable bonds is 3. The topological polar surface area (TPSA) is 39.2 Å². The van der Waals surface area contributed by atoms with Crippen LogP contribution in [0.2, 0.25) is 0 Å². The highest BCUT2D eigenvalue weighted by atomic mass is 32.1. The standard InChI is InChI=1S/C14H19NO2S/c1-9-11(14(7-8-14)13(16)17-2)18-12(15-9)10-5-3-4-6-10/h10H,3-8H2,1-2H3. The molecular formula is C14H19NO2S.